The molecule has 0 saturated heterocycles. The van der Waals surface area contributed by atoms with Crippen molar-refractivity contribution in [2.75, 3.05) is 6.61 Å². The number of carbonyl (C=O) groups excluding carboxylic acids is 1. The fraction of sp³-hybridized carbons (Fsp3) is 0.200. The minimum Gasteiger partial charge on any atom is -0.462 e. The highest BCUT2D eigenvalue weighted by molar-refractivity contribution is 7.80. The molecule has 0 N–H and O–H groups in total. The van der Waals surface area contributed by atoms with Crippen molar-refractivity contribution in [3.8, 4) is 17.2 Å². The molecule has 2 aromatic rings. The van der Waals surface area contributed by atoms with Crippen LogP contribution in [0.25, 0.3) is 11.1 Å². The van der Waals surface area contributed by atoms with Crippen molar-refractivity contribution >= 4 is 29.9 Å². The van der Waals surface area contributed by atoms with Crippen LogP contribution in [0.1, 0.15) is 27.0 Å². The summed E-state index contributed by atoms with van der Waals surface area (Å²) in [7, 11) is 0. The Kier molecular flexibility index (Phi) is 4.48. The van der Waals surface area contributed by atoms with Crippen LogP contribution in [0.4, 0.5) is 0 Å². The topological polar surface area (TPSA) is 50.1 Å². The third-order valence-corrected chi connectivity index (χ3v) is 4.20. The second-order valence-corrected chi connectivity index (χ2v) is 5.86. The molecule has 0 atom stereocenters. The molecule has 1 aromatic heterocycles. The van der Waals surface area contributed by atoms with Crippen molar-refractivity contribution in [2.24, 2.45) is 0 Å². The van der Waals surface area contributed by atoms with E-state index < -0.39 is 0 Å². The van der Waals surface area contributed by atoms with Crippen LogP contribution in [0.5, 0.6) is 0 Å². The van der Waals surface area contributed by atoms with Gasteiger partial charge in [0.15, 0.2) is 0 Å². The molecule has 1 aromatic carbocycles. The van der Waals surface area contributed by atoms with E-state index in [0.717, 1.165) is 15.3 Å². The van der Waals surface area contributed by atoms with Gasteiger partial charge in [-0.15, -0.1) is 24.0 Å². The van der Waals surface area contributed by atoms with Gasteiger partial charge >= 0.3 is 5.97 Å². The van der Waals surface area contributed by atoms with Crippen molar-refractivity contribution < 1.29 is 9.53 Å². The fourth-order valence-corrected chi connectivity index (χ4v) is 3.09. The van der Waals surface area contributed by atoms with Crippen LogP contribution in [-0.4, -0.2) is 12.6 Å². The van der Waals surface area contributed by atoms with Crippen LogP contribution in [-0.2, 0) is 4.74 Å². The molecule has 20 heavy (non-hydrogen) atoms. The number of esters is 1. The van der Waals surface area contributed by atoms with Crippen molar-refractivity contribution in [2.45, 2.75) is 18.7 Å². The molecule has 102 valence electrons. The van der Waals surface area contributed by atoms with E-state index in [9.17, 15) is 10.1 Å². The zero-order valence-electron chi connectivity index (χ0n) is 11.1. The lowest BCUT2D eigenvalue weighted by Gasteiger charge is -2.05. The number of aryl methyl sites for hydroxylation is 1. The van der Waals surface area contributed by atoms with Gasteiger partial charge in [0.1, 0.15) is 10.9 Å². The molecule has 0 amide bonds. The van der Waals surface area contributed by atoms with Crippen LogP contribution in [0.2, 0.25) is 0 Å². The molecule has 1 heterocycles. The summed E-state index contributed by atoms with van der Waals surface area (Å²) in [6.07, 6.45) is 0. The number of carbonyl (C=O) groups is 1. The Bertz CT molecular complexity index is 681. The molecule has 0 aliphatic carbocycles. The number of benzene rings is 1. The van der Waals surface area contributed by atoms with E-state index in [4.69, 9.17) is 4.74 Å². The Balaban J connectivity index is 2.63. The van der Waals surface area contributed by atoms with E-state index in [1.165, 1.54) is 11.3 Å². The van der Waals surface area contributed by atoms with E-state index in [1.807, 2.05) is 31.2 Å². The first kappa shape index (κ1) is 14.6. The largest absolute Gasteiger partial charge is 0.462 e. The van der Waals surface area contributed by atoms with Crippen LogP contribution in [0.3, 0.4) is 0 Å². The summed E-state index contributed by atoms with van der Waals surface area (Å²) in [5.41, 5.74) is 2.01. The van der Waals surface area contributed by atoms with E-state index in [2.05, 4.69) is 18.7 Å². The summed E-state index contributed by atoms with van der Waals surface area (Å²) in [6, 6.07) is 9.56. The standard InChI is InChI=1S/C15H13NO2S2/c1-3-18-15(17)14-13(12(8-16)9(2)20-14)10-4-6-11(19)7-5-10/h4-7,19H,3H2,1-2H3. The molecule has 3 nitrogen and oxygen atoms in total. The van der Waals surface area contributed by atoms with Crippen LogP contribution < -0.4 is 0 Å². The van der Waals surface area contributed by atoms with Crippen molar-refractivity contribution in [3.63, 3.8) is 0 Å². The van der Waals surface area contributed by atoms with Gasteiger partial charge in [0.25, 0.3) is 0 Å². The number of thiol groups is 1. The number of ether oxygens (including phenoxy) is 1. The first-order chi connectivity index (χ1) is 9.58. The Morgan fingerprint density at radius 1 is 1.40 bits per heavy atom. The summed E-state index contributed by atoms with van der Waals surface area (Å²) < 4.78 is 5.07. The number of nitriles is 1. The molecular formula is C15H13NO2S2. The quantitative estimate of drug-likeness (QED) is 0.687. The number of hydrogen-bond donors (Lipinski definition) is 1. The average molecular weight is 303 g/mol. The van der Waals surface area contributed by atoms with E-state index in [0.29, 0.717) is 22.6 Å². The summed E-state index contributed by atoms with van der Waals surface area (Å²) in [6.45, 7) is 3.91. The maximum atomic E-state index is 12.1. The normalized spacial score (nSPS) is 10.1. The highest BCUT2D eigenvalue weighted by Crippen LogP contribution is 2.36. The molecule has 0 aliphatic heterocycles. The predicted molar refractivity (Wildman–Crippen MR) is 82.4 cm³/mol. The zero-order valence-corrected chi connectivity index (χ0v) is 12.8. The van der Waals surface area contributed by atoms with Crippen molar-refractivity contribution in [1.29, 1.82) is 5.26 Å². The maximum Gasteiger partial charge on any atom is 0.348 e. The highest BCUT2D eigenvalue weighted by Gasteiger charge is 2.23. The first-order valence-electron chi connectivity index (χ1n) is 6.08. The molecule has 0 fully saturated rings. The van der Waals surface area contributed by atoms with E-state index in [1.54, 1.807) is 6.92 Å². The SMILES string of the molecule is CCOC(=O)c1sc(C)c(C#N)c1-c1ccc(S)cc1. The van der Waals surface area contributed by atoms with Gasteiger partial charge in [0.05, 0.1) is 12.2 Å². The minimum absolute atomic E-state index is 0.312. The van der Waals surface area contributed by atoms with Crippen molar-refractivity contribution in [1.82, 2.24) is 0 Å². The summed E-state index contributed by atoms with van der Waals surface area (Å²) in [4.78, 5) is 14.2. The number of rotatable bonds is 3. The van der Waals surface area contributed by atoms with Crippen molar-refractivity contribution in [3.05, 3.63) is 39.6 Å². The first-order valence-corrected chi connectivity index (χ1v) is 7.34. The lowest BCUT2D eigenvalue weighted by molar-refractivity contribution is 0.0533. The van der Waals surface area contributed by atoms with E-state index >= 15 is 0 Å². The predicted octanol–water partition coefficient (Wildman–Crippen LogP) is 4.06. The molecule has 0 saturated carbocycles. The molecule has 0 unspecified atom stereocenters. The molecule has 0 aliphatic rings. The fourth-order valence-electron chi connectivity index (χ4n) is 1.92. The van der Waals surface area contributed by atoms with Gasteiger partial charge in [0.2, 0.25) is 0 Å². The van der Waals surface area contributed by atoms with E-state index in [-0.39, 0.29) is 5.97 Å². The molecule has 0 bridgehead atoms. The third-order valence-electron chi connectivity index (χ3n) is 2.81. The third kappa shape index (κ3) is 2.72. The number of nitrogens with zero attached hydrogens (tertiary/aromatic N) is 1. The summed E-state index contributed by atoms with van der Waals surface area (Å²) >= 11 is 5.54. The second kappa shape index (κ2) is 6.12. The van der Waals surface area contributed by atoms with Gasteiger partial charge in [-0.25, -0.2) is 4.79 Å². The Morgan fingerprint density at radius 2 is 2.05 bits per heavy atom. The van der Waals surface area contributed by atoms with Gasteiger partial charge in [-0.1, -0.05) is 12.1 Å². The average Bonchev–Trinajstić information content (AvgIpc) is 2.77. The molecular weight excluding hydrogens is 290 g/mol. The van der Waals surface area contributed by atoms with Crippen LogP contribution in [0, 0.1) is 18.3 Å². The van der Waals surface area contributed by atoms with Gasteiger partial charge in [0, 0.05) is 15.3 Å². The van der Waals surface area contributed by atoms with Gasteiger partial charge in [-0.2, -0.15) is 5.26 Å². The van der Waals surface area contributed by atoms with Gasteiger partial charge in [-0.3, -0.25) is 0 Å². The zero-order chi connectivity index (χ0) is 14.7. The smallest absolute Gasteiger partial charge is 0.348 e. The molecule has 0 spiro atoms. The summed E-state index contributed by atoms with van der Waals surface area (Å²) in [5.74, 6) is -0.382. The Labute approximate surface area is 127 Å². The molecule has 5 heteroatoms. The minimum atomic E-state index is -0.382. The highest BCUT2D eigenvalue weighted by atomic mass is 32.1. The monoisotopic (exact) mass is 303 g/mol. The summed E-state index contributed by atoms with van der Waals surface area (Å²) in [5, 5.41) is 9.33. The maximum absolute atomic E-state index is 12.1. The van der Waals surface area contributed by atoms with Crippen LogP contribution in [0.15, 0.2) is 29.2 Å². The lowest BCUT2D eigenvalue weighted by atomic mass is 10.0. The second-order valence-electron chi connectivity index (χ2n) is 4.12. The Morgan fingerprint density at radius 3 is 2.60 bits per heavy atom. The van der Waals surface area contributed by atoms with Gasteiger partial charge < -0.3 is 4.74 Å². The molecule has 0 radical (unpaired) electrons. The number of hydrogen-bond acceptors (Lipinski definition) is 5. The number of thiophene rings is 1. The lowest BCUT2D eigenvalue weighted by Crippen LogP contribution is -2.04. The molecule has 2 rings (SSSR count). The van der Waals surface area contributed by atoms with Crippen LogP contribution >= 0.6 is 24.0 Å². The Hall–Kier alpha value is -1.77. The van der Waals surface area contributed by atoms with Gasteiger partial charge in [-0.05, 0) is 31.5 Å².